The Morgan fingerprint density at radius 3 is 1.36 bits per heavy atom. The molecule has 1 N–H and O–H groups in total. The first-order valence-corrected chi connectivity index (χ1v) is 10.1. The zero-order valence-corrected chi connectivity index (χ0v) is 17.7. The molecule has 0 heterocycles. The van der Waals surface area contributed by atoms with Crippen LogP contribution in [0.25, 0.3) is 6.08 Å². The van der Waals surface area contributed by atoms with E-state index in [9.17, 15) is 9.59 Å². The predicted molar refractivity (Wildman–Crippen MR) is 128 cm³/mol. The fraction of sp³-hybridized carbons (Fsp3) is 0. The molecule has 4 aromatic rings. The van der Waals surface area contributed by atoms with Gasteiger partial charge in [-0.3, -0.25) is 4.79 Å². The lowest BCUT2D eigenvalue weighted by Crippen LogP contribution is -1.86. The van der Waals surface area contributed by atoms with Gasteiger partial charge in [0, 0.05) is 11.6 Å². The van der Waals surface area contributed by atoms with Crippen molar-refractivity contribution in [3.8, 4) is 23.0 Å². The van der Waals surface area contributed by atoms with Crippen molar-refractivity contribution in [2.24, 2.45) is 0 Å². The van der Waals surface area contributed by atoms with E-state index in [1.165, 1.54) is 6.08 Å². The molecule has 5 nitrogen and oxygen atoms in total. The van der Waals surface area contributed by atoms with Gasteiger partial charge in [0.25, 0.3) is 0 Å². The van der Waals surface area contributed by atoms with Crippen LogP contribution in [0.3, 0.4) is 0 Å². The Labute approximate surface area is 192 Å². The van der Waals surface area contributed by atoms with Crippen molar-refractivity contribution in [2.45, 2.75) is 0 Å². The number of hydrogen-bond donors (Lipinski definition) is 1. The number of benzene rings is 4. The largest absolute Gasteiger partial charge is 0.478 e. The highest BCUT2D eigenvalue weighted by molar-refractivity contribution is 5.85. The van der Waals surface area contributed by atoms with Gasteiger partial charge in [-0.2, -0.15) is 0 Å². The van der Waals surface area contributed by atoms with Crippen LogP contribution in [-0.2, 0) is 4.79 Å². The summed E-state index contributed by atoms with van der Waals surface area (Å²) in [7, 11) is 0. The molecule has 4 rings (SSSR count). The zero-order chi connectivity index (χ0) is 23.3. The minimum atomic E-state index is -0.959. The van der Waals surface area contributed by atoms with E-state index in [-0.39, 0.29) is 0 Å². The van der Waals surface area contributed by atoms with Gasteiger partial charge in [-0.25, -0.2) is 4.79 Å². The summed E-state index contributed by atoms with van der Waals surface area (Å²) in [6.07, 6.45) is 3.45. The van der Waals surface area contributed by atoms with Crippen LogP contribution in [0, 0.1) is 0 Å². The lowest BCUT2D eigenvalue weighted by Gasteiger charge is -2.05. The maximum Gasteiger partial charge on any atom is 0.328 e. The topological polar surface area (TPSA) is 72.8 Å². The highest BCUT2D eigenvalue weighted by Gasteiger charge is 1.97. The second-order valence-electron chi connectivity index (χ2n) is 6.76. The van der Waals surface area contributed by atoms with Crippen molar-refractivity contribution in [3.63, 3.8) is 0 Å². The number of aliphatic carboxylic acids is 1. The molecular formula is C28H22O5. The van der Waals surface area contributed by atoms with Gasteiger partial charge in [0.05, 0.1) is 0 Å². The van der Waals surface area contributed by atoms with Gasteiger partial charge in [0.1, 0.15) is 29.3 Å². The average Bonchev–Trinajstić information content (AvgIpc) is 2.86. The van der Waals surface area contributed by atoms with E-state index in [1.54, 1.807) is 48.5 Å². The quantitative estimate of drug-likeness (QED) is 0.252. The molecule has 0 amide bonds. The smallest absolute Gasteiger partial charge is 0.328 e. The van der Waals surface area contributed by atoms with Crippen LogP contribution < -0.4 is 9.47 Å². The number of hydrogen-bond acceptors (Lipinski definition) is 4. The van der Waals surface area contributed by atoms with Crippen molar-refractivity contribution in [1.82, 2.24) is 0 Å². The van der Waals surface area contributed by atoms with E-state index >= 15 is 0 Å². The minimum absolute atomic E-state index is 0.649. The summed E-state index contributed by atoms with van der Waals surface area (Å²) in [6.45, 7) is 0. The number of carboxylic acids is 1. The molecule has 0 unspecified atom stereocenters. The maximum atomic E-state index is 10.4. The number of para-hydroxylation sites is 2. The van der Waals surface area contributed by atoms with Gasteiger partial charge in [-0.1, -0.05) is 48.5 Å². The summed E-state index contributed by atoms with van der Waals surface area (Å²) < 4.78 is 11.2. The van der Waals surface area contributed by atoms with Crippen LogP contribution in [0.2, 0.25) is 0 Å². The Bertz CT molecular complexity index is 1170. The van der Waals surface area contributed by atoms with Gasteiger partial charge in [-0.15, -0.1) is 0 Å². The second kappa shape index (κ2) is 12.3. The normalized spacial score (nSPS) is 10.1. The van der Waals surface area contributed by atoms with E-state index in [0.29, 0.717) is 11.3 Å². The van der Waals surface area contributed by atoms with Gasteiger partial charge in [0.2, 0.25) is 0 Å². The molecule has 0 spiro atoms. The zero-order valence-electron chi connectivity index (χ0n) is 17.7. The van der Waals surface area contributed by atoms with Gasteiger partial charge in [-0.05, 0) is 72.3 Å². The summed E-state index contributed by atoms with van der Waals surface area (Å²) in [4.78, 5) is 20.8. The summed E-state index contributed by atoms with van der Waals surface area (Å²) in [5.74, 6) is 2.04. The second-order valence-corrected chi connectivity index (χ2v) is 6.76. The van der Waals surface area contributed by atoms with E-state index in [1.807, 2.05) is 60.7 Å². The third kappa shape index (κ3) is 8.19. The van der Waals surface area contributed by atoms with E-state index in [2.05, 4.69) is 0 Å². The van der Waals surface area contributed by atoms with Crippen LogP contribution in [0.1, 0.15) is 15.9 Å². The number of carbonyl (C=O) groups excluding carboxylic acids is 1. The standard InChI is InChI=1S/C15H12O3.C13H10O2/c16-15(17)11-8-12-6-9-14(10-7-12)18-13-4-2-1-3-5-13;14-10-11-6-8-13(9-7-11)15-12-4-2-1-3-5-12/h1-11H,(H,16,17);1-10H. The summed E-state index contributed by atoms with van der Waals surface area (Å²) in [5, 5.41) is 8.51. The van der Waals surface area contributed by atoms with Crippen LogP contribution in [0.4, 0.5) is 0 Å². The first kappa shape index (κ1) is 23.0. The van der Waals surface area contributed by atoms with Crippen LogP contribution in [0.15, 0.2) is 115 Å². The van der Waals surface area contributed by atoms with Gasteiger partial charge >= 0.3 is 5.97 Å². The SMILES string of the molecule is O=C(O)C=Cc1ccc(Oc2ccccc2)cc1.O=Cc1ccc(Oc2ccccc2)cc1. The van der Waals surface area contributed by atoms with Gasteiger partial charge < -0.3 is 14.6 Å². The van der Waals surface area contributed by atoms with E-state index in [4.69, 9.17) is 14.6 Å². The molecular weight excluding hydrogens is 416 g/mol. The molecule has 4 aromatic carbocycles. The lowest BCUT2D eigenvalue weighted by atomic mass is 10.2. The fourth-order valence-corrected chi connectivity index (χ4v) is 2.68. The summed E-state index contributed by atoms with van der Waals surface area (Å²) >= 11 is 0. The summed E-state index contributed by atoms with van der Waals surface area (Å²) in [6, 6.07) is 33.2. The van der Waals surface area contributed by atoms with E-state index < -0.39 is 5.97 Å². The highest BCUT2D eigenvalue weighted by Crippen LogP contribution is 2.22. The molecule has 33 heavy (non-hydrogen) atoms. The van der Waals surface area contributed by atoms with Crippen molar-refractivity contribution < 1.29 is 24.2 Å². The molecule has 0 atom stereocenters. The number of aldehydes is 1. The van der Waals surface area contributed by atoms with Crippen molar-refractivity contribution in [2.75, 3.05) is 0 Å². The Balaban J connectivity index is 0.000000189. The number of carboxylic acid groups (broad SMARTS) is 1. The third-order valence-electron chi connectivity index (χ3n) is 4.27. The fourth-order valence-electron chi connectivity index (χ4n) is 2.68. The lowest BCUT2D eigenvalue weighted by molar-refractivity contribution is -0.131. The maximum absolute atomic E-state index is 10.4. The highest BCUT2D eigenvalue weighted by atomic mass is 16.5. The van der Waals surface area contributed by atoms with Crippen LogP contribution in [-0.4, -0.2) is 17.4 Å². The number of ether oxygens (including phenoxy) is 2. The minimum Gasteiger partial charge on any atom is -0.478 e. The van der Waals surface area contributed by atoms with Crippen LogP contribution in [0.5, 0.6) is 23.0 Å². The molecule has 0 aliphatic heterocycles. The Morgan fingerprint density at radius 2 is 0.970 bits per heavy atom. The Morgan fingerprint density at radius 1 is 0.576 bits per heavy atom. The molecule has 0 saturated carbocycles. The van der Waals surface area contributed by atoms with Crippen molar-refractivity contribution >= 4 is 18.3 Å². The molecule has 0 aromatic heterocycles. The molecule has 0 radical (unpaired) electrons. The van der Waals surface area contributed by atoms with Crippen molar-refractivity contribution in [1.29, 1.82) is 0 Å². The molecule has 0 aliphatic rings. The van der Waals surface area contributed by atoms with Crippen molar-refractivity contribution in [3.05, 3.63) is 126 Å². The van der Waals surface area contributed by atoms with Gasteiger partial charge in [0.15, 0.2) is 0 Å². The Kier molecular flexibility index (Phi) is 8.56. The monoisotopic (exact) mass is 438 g/mol. The first-order valence-electron chi connectivity index (χ1n) is 10.1. The number of carbonyl (C=O) groups is 2. The predicted octanol–water partition coefficient (Wildman–Crippen LogP) is 6.87. The molecule has 0 saturated heterocycles. The third-order valence-corrected chi connectivity index (χ3v) is 4.27. The Hall–Kier alpha value is -4.64. The first-order chi connectivity index (χ1) is 16.1. The summed E-state index contributed by atoms with van der Waals surface area (Å²) in [5.41, 5.74) is 1.47. The molecule has 0 fully saturated rings. The van der Waals surface area contributed by atoms with Crippen LogP contribution >= 0.6 is 0 Å². The van der Waals surface area contributed by atoms with E-state index in [0.717, 1.165) is 35.2 Å². The molecule has 0 aliphatic carbocycles. The molecule has 0 bridgehead atoms. The number of rotatable bonds is 7. The molecule has 5 heteroatoms. The molecule has 164 valence electrons. The average molecular weight is 438 g/mol.